The molecule has 5 aromatic rings. The summed E-state index contributed by atoms with van der Waals surface area (Å²) < 4.78 is 0. The van der Waals surface area contributed by atoms with E-state index in [0.29, 0.717) is 0 Å². The van der Waals surface area contributed by atoms with Crippen molar-refractivity contribution < 1.29 is 0 Å². The van der Waals surface area contributed by atoms with Crippen molar-refractivity contribution in [1.82, 2.24) is 0 Å². The summed E-state index contributed by atoms with van der Waals surface area (Å²) in [4.78, 5) is 4.98. The van der Waals surface area contributed by atoms with Crippen LogP contribution < -0.4 is 9.80 Å². The van der Waals surface area contributed by atoms with Gasteiger partial charge in [-0.05, 0) is 107 Å². The second-order valence-corrected chi connectivity index (χ2v) is 13.6. The Morgan fingerprint density at radius 1 is 0.640 bits per heavy atom. The molecule has 0 N–H and O–H groups in total. The molecular weight excluding hydrogens is 605 g/mol. The highest BCUT2D eigenvalue weighted by Gasteiger charge is 2.51. The summed E-state index contributed by atoms with van der Waals surface area (Å²) in [7, 11) is 0. The van der Waals surface area contributed by atoms with Crippen LogP contribution in [0.2, 0.25) is 0 Å². The molecule has 9 rings (SSSR count). The van der Waals surface area contributed by atoms with E-state index in [0.717, 1.165) is 13.0 Å². The van der Waals surface area contributed by atoms with Crippen molar-refractivity contribution in [1.29, 1.82) is 0 Å². The Morgan fingerprint density at radius 3 is 2.08 bits per heavy atom. The third-order valence-corrected chi connectivity index (χ3v) is 10.8. The summed E-state index contributed by atoms with van der Waals surface area (Å²) in [5, 5.41) is 0. The van der Waals surface area contributed by atoms with Gasteiger partial charge in [0.25, 0.3) is 0 Å². The third kappa shape index (κ3) is 4.55. The molecule has 0 amide bonds. The Bertz CT molecular complexity index is 2280. The summed E-state index contributed by atoms with van der Waals surface area (Å²) in [6, 6.07) is 41.5. The van der Waals surface area contributed by atoms with Crippen molar-refractivity contribution in [3.63, 3.8) is 0 Å². The zero-order valence-corrected chi connectivity index (χ0v) is 28.6. The number of rotatable bonds is 3. The largest absolute Gasteiger partial charge is 0.336 e. The molecule has 1 aliphatic heterocycles. The van der Waals surface area contributed by atoms with Gasteiger partial charge >= 0.3 is 0 Å². The number of fused-ring (bicyclic) bond motifs is 11. The summed E-state index contributed by atoms with van der Waals surface area (Å²) in [5.74, 6) is 0. The quantitative estimate of drug-likeness (QED) is 0.189. The van der Waals surface area contributed by atoms with Crippen LogP contribution in [0.4, 0.5) is 17.1 Å². The van der Waals surface area contributed by atoms with E-state index in [4.69, 9.17) is 0 Å². The molecule has 2 heteroatoms. The number of nitrogens with zero attached hydrogens (tertiary/aromatic N) is 2. The van der Waals surface area contributed by atoms with Crippen molar-refractivity contribution >= 4 is 23.1 Å². The predicted molar refractivity (Wildman–Crippen MR) is 212 cm³/mol. The maximum atomic E-state index is 2.50. The monoisotopic (exact) mass is 644 g/mol. The van der Waals surface area contributed by atoms with Crippen LogP contribution >= 0.6 is 0 Å². The molecule has 2 nitrogen and oxygen atoms in total. The van der Waals surface area contributed by atoms with Gasteiger partial charge in [0.1, 0.15) is 0 Å². The van der Waals surface area contributed by atoms with Crippen LogP contribution in [0.25, 0.3) is 28.3 Å². The van der Waals surface area contributed by atoms with E-state index in [9.17, 15) is 0 Å². The summed E-state index contributed by atoms with van der Waals surface area (Å²) in [6.07, 6.45) is 25.3. The lowest BCUT2D eigenvalue weighted by molar-refractivity contribution is 0.792. The molecule has 0 aromatic heterocycles. The Labute approximate surface area is 296 Å². The first-order valence-electron chi connectivity index (χ1n) is 17.8. The van der Waals surface area contributed by atoms with Gasteiger partial charge in [-0.1, -0.05) is 140 Å². The molecule has 0 saturated heterocycles. The normalized spacial score (nSPS) is 18.0. The fraction of sp³-hybridized carbons (Fsp3) is 0.125. The molecule has 3 aliphatic carbocycles. The lowest BCUT2D eigenvalue weighted by Crippen LogP contribution is -2.32. The standard InChI is InChI=1S/C48H40N2/c1-3-17-35-27-29-40-41-30-28-37(33-45(41)48(44(40)32-35)42-23-12-10-21-38(42)39-22-11-13-24-43(39)48)49-31-16-6-7-18-34(2)50(36-19-8-4-5-9-20-36)47-26-15-14-25-46(47)49/h3-8,10-30,32-34H,9,31H2,1-2H3. The number of allylic oxidation sites excluding steroid dienone is 8. The molecule has 0 radical (unpaired) electrons. The molecule has 1 spiro atoms. The highest BCUT2D eigenvalue weighted by molar-refractivity contribution is 5.96. The highest BCUT2D eigenvalue weighted by atomic mass is 15.2. The van der Waals surface area contributed by atoms with E-state index in [1.807, 2.05) is 0 Å². The minimum absolute atomic E-state index is 0.158. The van der Waals surface area contributed by atoms with E-state index in [1.54, 1.807) is 0 Å². The van der Waals surface area contributed by atoms with E-state index >= 15 is 0 Å². The third-order valence-electron chi connectivity index (χ3n) is 10.8. The van der Waals surface area contributed by atoms with Crippen molar-refractivity contribution in [3.8, 4) is 22.3 Å². The molecule has 0 fully saturated rings. The van der Waals surface area contributed by atoms with Gasteiger partial charge in [-0.25, -0.2) is 0 Å². The number of anilines is 3. The van der Waals surface area contributed by atoms with E-state index in [1.165, 1.54) is 72.8 Å². The minimum atomic E-state index is -0.413. The second kappa shape index (κ2) is 12.2. The smallest absolute Gasteiger partial charge is 0.0726 e. The van der Waals surface area contributed by atoms with Crippen LogP contribution in [-0.2, 0) is 5.41 Å². The van der Waals surface area contributed by atoms with Gasteiger partial charge in [0.15, 0.2) is 0 Å². The molecule has 1 atom stereocenters. The Balaban J connectivity index is 1.29. The SMILES string of the molecule is CC=Cc1ccc2c(c1)C1(c3ccccc3-c3ccccc31)c1cc(N3CC=CC=CC(C)N(C4=CCC=CC=C4)c4ccccc43)ccc1-2. The molecule has 0 saturated carbocycles. The van der Waals surface area contributed by atoms with Gasteiger partial charge in [-0.2, -0.15) is 0 Å². The summed E-state index contributed by atoms with van der Waals surface area (Å²) in [6.45, 7) is 5.13. The Hall–Kier alpha value is -5.86. The number of hydrogen-bond acceptors (Lipinski definition) is 2. The van der Waals surface area contributed by atoms with Gasteiger partial charge in [0.2, 0.25) is 0 Å². The van der Waals surface area contributed by atoms with E-state index in [2.05, 4.69) is 200 Å². The van der Waals surface area contributed by atoms with Crippen LogP contribution in [0.15, 0.2) is 176 Å². The van der Waals surface area contributed by atoms with E-state index < -0.39 is 5.41 Å². The van der Waals surface area contributed by atoms with Gasteiger partial charge in [0, 0.05) is 24.0 Å². The lowest BCUT2D eigenvalue weighted by atomic mass is 9.70. The topological polar surface area (TPSA) is 6.48 Å². The van der Waals surface area contributed by atoms with Crippen LogP contribution in [0, 0.1) is 0 Å². The zero-order valence-electron chi connectivity index (χ0n) is 28.6. The molecule has 1 unspecified atom stereocenters. The Morgan fingerprint density at radius 2 is 1.30 bits per heavy atom. The van der Waals surface area contributed by atoms with Crippen LogP contribution in [0.3, 0.4) is 0 Å². The predicted octanol–water partition coefficient (Wildman–Crippen LogP) is 11.9. The Kier molecular flexibility index (Phi) is 7.39. The summed E-state index contributed by atoms with van der Waals surface area (Å²) >= 11 is 0. The highest BCUT2D eigenvalue weighted by Crippen LogP contribution is 2.63. The number of hydrogen-bond donors (Lipinski definition) is 0. The van der Waals surface area contributed by atoms with Crippen molar-refractivity contribution in [2.75, 3.05) is 16.3 Å². The average molecular weight is 645 g/mol. The zero-order chi connectivity index (χ0) is 33.7. The van der Waals surface area contributed by atoms with Crippen molar-refractivity contribution in [2.24, 2.45) is 0 Å². The first-order valence-corrected chi connectivity index (χ1v) is 17.8. The fourth-order valence-corrected chi connectivity index (χ4v) is 8.74. The van der Waals surface area contributed by atoms with Crippen molar-refractivity contribution in [2.45, 2.75) is 31.7 Å². The average Bonchev–Trinajstić information content (AvgIpc) is 3.44. The lowest BCUT2D eigenvalue weighted by Gasteiger charge is -2.36. The van der Waals surface area contributed by atoms with Crippen molar-refractivity contribution in [3.05, 3.63) is 203 Å². The maximum Gasteiger partial charge on any atom is 0.0726 e. The first kappa shape index (κ1) is 30.2. The van der Waals surface area contributed by atoms with E-state index in [-0.39, 0.29) is 6.04 Å². The molecule has 0 bridgehead atoms. The van der Waals surface area contributed by atoms with Crippen LogP contribution in [0.1, 0.15) is 48.1 Å². The molecule has 50 heavy (non-hydrogen) atoms. The van der Waals surface area contributed by atoms with Gasteiger partial charge in [0.05, 0.1) is 16.8 Å². The summed E-state index contributed by atoms with van der Waals surface area (Å²) in [5.41, 5.74) is 16.3. The molecule has 1 heterocycles. The van der Waals surface area contributed by atoms with Gasteiger partial charge < -0.3 is 9.80 Å². The molecule has 4 aliphatic rings. The number of para-hydroxylation sites is 2. The fourth-order valence-electron chi connectivity index (χ4n) is 8.74. The van der Waals surface area contributed by atoms with Crippen LogP contribution in [0.5, 0.6) is 0 Å². The first-order chi connectivity index (χ1) is 24.7. The van der Waals surface area contributed by atoms with Gasteiger partial charge in [-0.15, -0.1) is 0 Å². The van der Waals surface area contributed by atoms with Gasteiger partial charge in [-0.3, -0.25) is 0 Å². The minimum Gasteiger partial charge on any atom is -0.336 e. The maximum absolute atomic E-state index is 2.50. The number of benzene rings is 5. The molecule has 242 valence electrons. The second-order valence-electron chi connectivity index (χ2n) is 13.6. The molecular formula is C48H40N2. The van der Waals surface area contributed by atoms with Crippen LogP contribution in [-0.4, -0.2) is 12.6 Å². The molecule has 5 aromatic carbocycles.